The van der Waals surface area contributed by atoms with Crippen LogP contribution in [0, 0.1) is 0 Å². The molecule has 1 aromatic heterocycles. The van der Waals surface area contributed by atoms with Crippen LogP contribution in [0.4, 0.5) is 0 Å². The Morgan fingerprint density at radius 1 is 0.254 bits per heavy atom. The quantitative estimate of drug-likeness (QED) is 0.176. The van der Waals surface area contributed by atoms with Gasteiger partial charge in [-0.3, -0.25) is 0 Å². The van der Waals surface area contributed by atoms with Gasteiger partial charge in [0.1, 0.15) is 0 Å². The summed E-state index contributed by atoms with van der Waals surface area (Å²) in [5, 5.41) is 2.42. The third-order valence-corrected chi connectivity index (χ3v) is 12.4. The summed E-state index contributed by atoms with van der Waals surface area (Å²) < 4.78 is 0. The Labute approximate surface area is 343 Å². The molecule has 0 fully saturated rings. The molecule has 1 spiro atoms. The molecule has 0 aliphatic heterocycles. The Kier molecular flexibility index (Phi) is 7.45. The van der Waals surface area contributed by atoms with Gasteiger partial charge in [-0.2, -0.15) is 0 Å². The number of benzene rings is 9. The summed E-state index contributed by atoms with van der Waals surface area (Å²) >= 11 is 0. The fraction of sp³-hybridized carbons (Fsp3) is 0.0179. The largest absolute Gasteiger partial charge is 0.208 e. The Balaban J connectivity index is 1.06. The van der Waals surface area contributed by atoms with Gasteiger partial charge in [-0.15, -0.1) is 0 Å². The van der Waals surface area contributed by atoms with Gasteiger partial charge >= 0.3 is 0 Å². The number of fused-ring (bicyclic) bond motifs is 11. The number of rotatable bonds is 5. The van der Waals surface area contributed by atoms with Crippen molar-refractivity contribution in [3.8, 4) is 78.7 Å². The fourth-order valence-corrected chi connectivity index (χ4v) is 9.90. The predicted molar refractivity (Wildman–Crippen MR) is 241 cm³/mol. The van der Waals surface area contributed by atoms with Gasteiger partial charge in [-0.1, -0.05) is 212 Å². The van der Waals surface area contributed by atoms with E-state index in [9.17, 15) is 0 Å². The molecule has 274 valence electrons. The lowest BCUT2D eigenvalue weighted by Gasteiger charge is -2.30. The van der Waals surface area contributed by atoms with Crippen LogP contribution in [0.1, 0.15) is 22.3 Å². The summed E-state index contributed by atoms with van der Waals surface area (Å²) in [6.45, 7) is 0. The van der Waals surface area contributed by atoms with Gasteiger partial charge in [-0.25, -0.2) is 15.0 Å². The maximum absolute atomic E-state index is 5.02. The summed E-state index contributed by atoms with van der Waals surface area (Å²) in [4.78, 5) is 15.0. The zero-order chi connectivity index (χ0) is 38.9. The van der Waals surface area contributed by atoms with Gasteiger partial charge in [0.2, 0.25) is 0 Å². The highest BCUT2D eigenvalue weighted by Crippen LogP contribution is 2.64. The molecule has 0 atom stereocenters. The molecule has 0 unspecified atom stereocenters. The van der Waals surface area contributed by atoms with Crippen LogP contribution in [0.25, 0.3) is 89.4 Å². The SMILES string of the molecule is c1ccc(-c2nc(-c3ccccc3)nc(-c3ccc(-c4c(-c5cccc6c5-c5ccccc5C65c6ccccc6-c6ccccc65)ccc5ccccc45)cc3)n2)cc1. The van der Waals surface area contributed by atoms with Crippen molar-refractivity contribution < 1.29 is 0 Å². The van der Waals surface area contributed by atoms with E-state index in [1.807, 2.05) is 60.7 Å². The zero-order valence-electron chi connectivity index (χ0n) is 32.0. The first-order valence-electron chi connectivity index (χ1n) is 20.2. The van der Waals surface area contributed by atoms with Crippen molar-refractivity contribution in [2.24, 2.45) is 0 Å². The molecule has 59 heavy (non-hydrogen) atoms. The fourth-order valence-electron chi connectivity index (χ4n) is 9.90. The number of aromatic nitrogens is 3. The molecule has 1 heterocycles. The van der Waals surface area contributed by atoms with E-state index in [0.717, 1.165) is 22.3 Å². The predicted octanol–water partition coefficient (Wildman–Crippen LogP) is 13.7. The molecular weight excluding hydrogens is 715 g/mol. The summed E-state index contributed by atoms with van der Waals surface area (Å²) in [6.07, 6.45) is 0. The van der Waals surface area contributed by atoms with E-state index in [1.165, 1.54) is 72.0 Å². The van der Waals surface area contributed by atoms with Gasteiger partial charge in [0, 0.05) is 16.7 Å². The second-order valence-electron chi connectivity index (χ2n) is 15.4. The third kappa shape index (κ3) is 4.98. The first kappa shape index (κ1) is 33.4. The van der Waals surface area contributed by atoms with E-state index in [0.29, 0.717) is 17.5 Å². The summed E-state index contributed by atoms with van der Waals surface area (Å²) in [6, 6.07) is 76.5. The molecule has 0 N–H and O–H groups in total. The minimum atomic E-state index is -0.407. The lowest BCUT2D eigenvalue weighted by molar-refractivity contribution is 0.794. The van der Waals surface area contributed by atoms with Crippen molar-refractivity contribution >= 4 is 10.8 Å². The molecule has 0 radical (unpaired) electrons. The van der Waals surface area contributed by atoms with Crippen molar-refractivity contribution in [1.82, 2.24) is 15.0 Å². The maximum atomic E-state index is 5.02. The lowest BCUT2D eigenvalue weighted by atomic mass is 9.70. The summed E-state index contributed by atoms with van der Waals surface area (Å²) in [5.41, 5.74) is 17.8. The van der Waals surface area contributed by atoms with Crippen LogP contribution >= 0.6 is 0 Å². The monoisotopic (exact) mass is 749 g/mol. The minimum Gasteiger partial charge on any atom is -0.208 e. The highest BCUT2D eigenvalue weighted by molar-refractivity contribution is 6.08. The van der Waals surface area contributed by atoms with E-state index in [-0.39, 0.29) is 0 Å². The van der Waals surface area contributed by atoms with E-state index < -0.39 is 5.41 Å². The highest BCUT2D eigenvalue weighted by Gasteiger charge is 2.52. The molecule has 0 saturated carbocycles. The molecular formula is C56H35N3. The standard InChI is InChI=1S/C56H35N3/c1-3-17-38(18-4-1)53-57-54(39-19-5-2-6-20-39)59-55(58-53)40-32-30-37(31-33-40)51-41-21-8-7-16-36(41)34-35-45(51)44-25-15-29-50-52(44)46-24-11-14-28-49(46)56(50)47-26-12-9-22-42(47)43-23-10-13-27-48(43)56/h1-35H. The van der Waals surface area contributed by atoms with Crippen LogP contribution in [0.2, 0.25) is 0 Å². The topological polar surface area (TPSA) is 38.7 Å². The van der Waals surface area contributed by atoms with Gasteiger partial charge in [0.15, 0.2) is 17.5 Å². The molecule has 3 heteroatoms. The van der Waals surface area contributed by atoms with Crippen LogP contribution in [-0.2, 0) is 5.41 Å². The highest BCUT2D eigenvalue weighted by atomic mass is 15.0. The molecule has 0 amide bonds. The van der Waals surface area contributed by atoms with Crippen LogP contribution in [0.5, 0.6) is 0 Å². The molecule has 2 aliphatic rings. The zero-order valence-corrected chi connectivity index (χ0v) is 32.0. The van der Waals surface area contributed by atoms with E-state index in [1.54, 1.807) is 0 Å². The van der Waals surface area contributed by atoms with Crippen LogP contribution in [0.15, 0.2) is 212 Å². The molecule has 9 aromatic carbocycles. The van der Waals surface area contributed by atoms with Crippen LogP contribution in [-0.4, -0.2) is 15.0 Å². The maximum Gasteiger partial charge on any atom is 0.164 e. The lowest BCUT2D eigenvalue weighted by Crippen LogP contribution is -2.25. The van der Waals surface area contributed by atoms with Gasteiger partial charge in [0.25, 0.3) is 0 Å². The van der Waals surface area contributed by atoms with Gasteiger partial charge < -0.3 is 0 Å². The van der Waals surface area contributed by atoms with Crippen molar-refractivity contribution in [1.29, 1.82) is 0 Å². The Hall–Kier alpha value is -7.75. The molecule has 0 saturated heterocycles. The van der Waals surface area contributed by atoms with E-state index in [2.05, 4.69) is 152 Å². The first-order valence-corrected chi connectivity index (χ1v) is 20.2. The van der Waals surface area contributed by atoms with Crippen molar-refractivity contribution in [2.45, 2.75) is 5.41 Å². The number of hydrogen-bond acceptors (Lipinski definition) is 3. The van der Waals surface area contributed by atoms with Crippen molar-refractivity contribution in [3.05, 3.63) is 235 Å². The summed E-state index contributed by atoms with van der Waals surface area (Å²) in [7, 11) is 0. The Bertz CT molecular complexity index is 3160. The number of nitrogens with zero attached hydrogens (tertiary/aromatic N) is 3. The molecule has 12 rings (SSSR count). The molecule has 0 bridgehead atoms. The average Bonchev–Trinajstić information content (AvgIpc) is 3.79. The molecule has 10 aromatic rings. The van der Waals surface area contributed by atoms with E-state index in [4.69, 9.17) is 15.0 Å². The average molecular weight is 750 g/mol. The van der Waals surface area contributed by atoms with Crippen LogP contribution in [0.3, 0.4) is 0 Å². The van der Waals surface area contributed by atoms with Gasteiger partial charge in [-0.05, 0) is 77.5 Å². The Morgan fingerprint density at radius 2 is 0.678 bits per heavy atom. The van der Waals surface area contributed by atoms with Crippen molar-refractivity contribution in [3.63, 3.8) is 0 Å². The normalized spacial score (nSPS) is 12.9. The third-order valence-electron chi connectivity index (χ3n) is 12.4. The minimum absolute atomic E-state index is 0.407. The second-order valence-corrected chi connectivity index (χ2v) is 15.4. The second kappa shape index (κ2) is 13.2. The molecule has 3 nitrogen and oxygen atoms in total. The van der Waals surface area contributed by atoms with Crippen molar-refractivity contribution in [2.75, 3.05) is 0 Å². The Morgan fingerprint density at radius 3 is 1.29 bits per heavy atom. The first-order chi connectivity index (χ1) is 29.3. The smallest absolute Gasteiger partial charge is 0.164 e. The van der Waals surface area contributed by atoms with Crippen LogP contribution < -0.4 is 0 Å². The van der Waals surface area contributed by atoms with Gasteiger partial charge in [0.05, 0.1) is 5.41 Å². The number of hydrogen-bond donors (Lipinski definition) is 0. The van der Waals surface area contributed by atoms with E-state index >= 15 is 0 Å². The summed E-state index contributed by atoms with van der Waals surface area (Å²) in [5.74, 6) is 1.94. The molecule has 2 aliphatic carbocycles.